The minimum atomic E-state index is -0.325. The summed E-state index contributed by atoms with van der Waals surface area (Å²) in [5.74, 6) is 0.325. The molecule has 0 radical (unpaired) electrons. The quantitative estimate of drug-likeness (QED) is 0.164. The molecule has 1 heterocycles. The average molecular weight is 542 g/mol. The van der Waals surface area contributed by atoms with E-state index in [1.165, 1.54) is 0 Å². The number of ether oxygens (including phenoxy) is 1. The summed E-state index contributed by atoms with van der Waals surface area (Å²) in [6, 6.07) is 38.7. The van der Waals surface area contributed by atoms with Gasteiger partial charge in [-0.1, -0.05) is 103 Å². The van der Waals surface area contributed by atoms with Crippen LogP contribution in [0.2, 0.25) is 5.02 Å². The van der Waals surface area contributed by atoms with E-state index in [1.54, 1.807) is 12.3 Å². The fraction of sp³-hybridized carbons (Fsp3) is 0.0294. The lowest BCUT2D eigenvalue weighted by atomic mass is 10.0. The van der Waals surface area contributed by atoms with Crippen molar-refractivity contribution in [3.05, 3.63) is 143 Å². The van der Waals surface area contributed by atoms with Gasteiger partial charge in [0, 0.05) is 21.5 Å². The molecule has 194 valence electrons. The average Bonchev–Trinajstić information content (AvgIpc) is 3.00. The monoisotopic (exact) mass is 541 g/mol. The van der Waals surface area contributed by atoms with Crippen LogP contribution in [0.3, 0.4) is 0 Å². The Hall–Kier alpha value is -5.00. The van der Waals surface area contributed by atoms with Crippen molar-refractivity contribution < 1.29 is 9.53 Å². The van der Waals surface area contributed by atoms with Crippen LogP contribution in [0.15, 0.2) is 126 Å². The number of nitrogens with zero attached hydrogens (tertiary/aromatic N) is 2. The van der Waals surface area contributed by atoms with Gasteiger partial charge in [-0.15, -0.1) is 0 Å². The molecule has 0 aliphatic heterocycles. The fourth-order valence-electron chi connectivity index (χ4n) is 4.66. The van der Waals surface area contributed by atoms with Crippen molar-refractivity contribution in [1.82, 2.24) is 10.4 Å². The molecular formula is C34H24ClN3O2. The molecule has 0 spiro atoms. The lowest BCUT2D eigenvalue weighted by Gasteiger charge is -2.12. The van der Waals surface area contributed by atoms with Crippen LogP contribution in [-0.2, 0) is 6.61 Å². The second-order valence-electron chi connectivity index (χ2n) is 9.25. The zero-order valence-corrected chi connectivity index (χ0v) is 22.2. The molecule has 5 aromatic carbocycles. The van der Waals surface area contributed by atoms with Gasteiger partial charge in [-0.3, -0.25) is 4.79 Å². The van der Waals surface area contributed by atoms with Gasteiger partial charge < -0.3 is 4.74 Å². The Morgan fingerprint density at radius 1 is 0.825 bits per heavy atom. The largest absolute Gasteiger partial charge is 0.488 e. The smallest absolute Gasteiger partial charge is 0.272 e. The van der Waals surface area contributed by atoms with Crippen molar-refractivity contribution >= 4 is 45.4 Å². The van der Waals surface area contributed by atoms with Crippen LogP contribution < -0.4 is 10.2 Å². The van der Waals surface area contributed by atoms with Crippen molar-refractivity contribution in [3.63, 3.8) is 0 Å². The number of carbonyl (C=O) groups is 1. The number of aromatic nitrogens is 1. The number of carbonyl (C=O) groups excluding carboxylic acids is 1. The van der Waals surface area contributed by atoms with E-state index in [1.807, 2.05) is 115 Å². The van der Waals surface area contributed by atoms with Crippen molar-refractivity contribution in [2.75, 3.05) is 0 Å². The van der Waals surface area contributed by atoms with Gasteiger partial charge >= 0.3 is 0 Å². The maximum Gasteiger partial charge on any atom is 0.272 e. The minimum absolute atomic E-state index is 0.325. The number of rotatable bonds is 7. The first-order valence-corrected chi connectivity index (χ1v) is 13.2. The Morgan fingerprint density at radius 3 is 2.45 bits per heavy atom. The van der Waals surface area contributed by atoms with E-state index >= 15 is 0 Å². The number of hydrazone groups is 1. The number of halogens is 1. The normalized spacial score (nSPS) is 11.2. The van der Waals surface area contributed by atoms with Crippen molar-refractivity contribution in [1.29, 1.82) is 0 Å². The molecule has 1 amide bonds. The van der Waals surface area contributed by atoms with Gasteiger partial charge in [0.2, 0.25) is 0 Å². The van der Waals surface area contributed by atoms with Gasteiger partial charge in [-0.25, -0.2) is 10.4 Å². The third kappa shape index (κ3) is 5.41. The third-order valence-corrected chi connectivity index (χ3v) is 6.84. The lowest BCUT2D eigenvalue weighted by Crippen LogP contribution is -2.18. The van der Waals surface area contributed by atoms with E-state index in [-0.39, 0.29) is 5.91 Å². The third-order valence-electron chi connectivity index (χ3n) is 6.60. The fourth-order valence-corrected chi connectivity index (χ4v) is 4.87. The molecule has 0 atom stereocenters. The number of nitrogens with one attached hydrogen (secondary N) is 1. The zero-order chi connectivity index (χ0) is 27.3. The van der Waals surface area contributed by atoms with Crippen molar-refractivity contribution in [3.8, 4) is 17.0 Å². The van der Waals surface area contributed by atoms with Crippen LogP contribution in [0.4, 0.5) is 0 Å². The molecular weight excluding hydrogens is 518 g/mol. The number of hydrogen-bond acceptors (Lipinski definition) is 4. The van der Waals surface area contributed by atoms with E-state index in [9.17, 15) is 4.79 Å². The van der Waals surface area contributed by atoms with Crippen LogP contribution in [0.5, 0.6) is 5.75 Å². The number of benzene rings is 5. The Morgan fingerprint density at radius 2 is 1.60 bits per heavy atom. The van der Waals surface area contributed by atoms with E-state index < -0.39 is 0 Å². The summed E-state index contributed by atoms with van der Waals surface area (Å²) in [5.41, 5.74) is 7.34. The highest BCUT2D eigenvalue weighted by Crippen LogP contribution is 2.28. The lowest BCUT2D eigenvalue weighted by molar-refractivity contribution is 0.0956. The molecule has 1 aromatic heterocycles. The summed E-state index contributed by atoms with van der Waals surface area (Å²) in [7, 11) is 0. The first-order valence-electron chi connectivity index (χ1n) is 12.8. The first kappa shape index (κ1) is 25.3. The van der Waals surface area contributed by atoms with Gasteiger partial charge in [0.25, 0.3) is 5.91 Å². The molecule has 0 bridgehead atoms. The van der Waals surface area contributed by atoms with Crippen LogP contribution in [-0.4, -0.2) is 17.1 Å². The van der Waals surface area contributed by atoms with Gasteiger partial charge in [0.1, 0.15) is 12.4 Å². The predicted molar refractivity (Wildman–Crippen MR) is 162 cm³/mol. The van der Waals surface area contributed by atoms with E-state index in [0.29, 0.717) is 22.9 Å². The minimum Gasteiger partial charge on any atom is -0.488 e. The van der Waals surface area contributed by atoms with Crippen molar-refractivity contribution in [2.45, 2.75) is 6.61 Å². The van der Waals surface area contributed by atoms with Crippen LogP contribution in [0, 0.1) is 0 Å². The maximum absolute atomic E-state index is 13.4. The SMILES string of the molecule is O=C(N/N=C\c1c(OCc2cccc(Cl)c2)ccc2ccccc12)c1cc(-c2ccccc2)nc2ccccc12. The molecule has 5 nitrogen and oxygen atoms in total. The highest BCUT2D eigenvalue weighted by atomic mass is 35.5. The summed E-state index contributed by atoms with van der Waals surface area (Å²) < 4.78 is 6.18. The highest BCUT2D eigenvalue weighted by Gasteiger charge is 2.14. The second kappa shape index (κ2) is 11.4. The van der Waals surface area contributed by atoms with E-state index in [2.05, 4.69) is 10.5 Å². The molecule has 0 saturated carbocycles. The standard InChI is InChI=1S/C34H24ClN3O2/c35-26-13-8-9-23(19-26)22-40-33-18-17-24-10-4-5-14-27(24)30(33)21-36-38-34(39)29-20-32(25-11-2-1-3-12-25)37-31-16-7-6-15-28(29)31/h1-21H,22H2,(H,38,39)/b36-21-. The van der Waals surface area contributed by atoms with Gasteiger partial charge in [-0.05, 0) is 46.7 Å². The summed E-state index contributed by atoms with van der Waals surface area (Å²) in [4.78, 5) is 18.2. The number of amides is 1. The van der Waals surface area contributed by atoms with Crippen LogP contribution in [0.1, 0.15) is 21.5 Å². The van der Waals surface area contributed by atoms with Crippen LogP contribution >= 0.6 is 11.6 Å². The molecule has 0 fully saturated rings. The Balaban J connectivity index is 1.31. The van der Waals surface area contributed by atoms with Gasteiger partial charge in [-0.2, -0.15) is 5.10 Å². The second-order valence-corrected chi connectivity index (χ2v) is 9.69. The van der Waals surface area contributed by atoms with Gasteiger partial charge in [0.05, 0.1) is 23.0 Å². The summed E-state index contributed by atoms with van der Waals surface area (Å²) in [6.45, 7) is 0.345. The zero-order valence-electron chi connectivity index (χ0n) is 21.4. The molecule has 0 aliphatic carbocycles. The topological polar surface area (TPSA) is 63.6 Å². The summed E-state index contributed by atoms with van der Waals surface area (Å²) >= 11 is 6.14. The number of para-hydroxylation sites is 1. The van der Waals surface area contributed by atoms with Gasteiger partial charge in [0.15, 0.2) is 0 Å². The number of fused-ring (bicyclic) bond motifs is 2. The molecule has 1 N–H and O–H groups in total. The molecule has 6 aromatic rings. The number of hydrogen-bond donors (Lipinski definition) is 1. The van der Waals surface area contributed by atoms with E-state index in [4.69, 9.17) is 21.3 Å². The van der Waals surface area contributed by atoms with Crippen molar-refractivity contribution in [2.24, 2.45) is 5.10 Å². The molecule has 0 unspecified atom stereocenters. The van der Waals surface area contributed by atoms with Crippen LogP contribution in [0.25, 0.3) is 32.9 Å². The summed E-state index contributed by atoms with van der Waals surface area (Å²) in [5, 5.41) is 7.77. The number of pyridine rings is 1. The Kier molecular flexibility index (Phi) is 7.20. The molecule has 0 saturated heterocycles. The summed E-state index contributed by atoms with van der Waals surface area (Å²) in [6.07, 6.45) is 1.63. The molecule has 40 heavy (non-hydrogen) atoms. The maximum atomic E-state index is 13.4. The highest BCUT2D eigenvalue weighted by molar-refractivity contribution is 6.30. The predicted octanol–water partition coefficient (Wildman–Crippen LogP) is 8.05. The molecule has 6 rings (SSSR count). The Bertz CT molecular complexity index is 1870. The molecule has 6 heteroatoms. The first-order chi connectivity index (χ1) is 19.7. The van der Waals surface area contributed by atoms with E-state index in [0.717, 1.165) is 44.1 Å². The Labute approximate surface area is 236 Å². The molecule has 0 aliphatic rings.